The number of rotatable bonds is 5. The van der Waals surface area contributed by atoms with Crippen LogP contribution in [0.5, 0.6) is 0 Å². The molecule has 0 aliphatic heterocycles. The van der Waals surface area contributed by atoms with Crippen LogP contribution in [-0.2, 0) is 9.53 Å². The summed E-state index contributed by atoms with van der Waals surface area (Å²) in [4.78, 5) is 12.2. The lowest BCUT2D eigenvalue weighted by atomic mass is 9.51. The van der Waals surface area contributed by atoms with Gasteiger partial charge in [-0.05, 0) is 92.6 Å². The van der Waals surface area contributed by atoms with Gasteiger partial charge in [-0.1, -0.05) is 41.9 Å². The van der Waals surface area contributed by atoms with Crippen molar-refractivity contribution in [3.05, 3.63) is 58.2 Å². The number of benzene rings is 1. The number of fused-ring (bicyclic) bond motifs is 4. The SMILES string of the molecule is CC(C)OC[C@]1(O)CC[C@H]2[C@@H]3CCC4=CC(=O)CCC4=C3[C@@H](c3ccc(/C=N\O)cc3)C[C@@]21C. The second-order valence-corrected chi connectivity index (χ2v) is 11.3. The second-order valence-electron chi connectivity index (χ2n) is 11.3. The zero-order chi connectivity index (χ0) is 24.1. The fraction of sp³-hybridized carbons (Fsp3) is 0.586. The van der Waals surface area contributed by atoms with Crippen molar-refractivity contribution in [1.82, 2.24) is 0 Å². The summed E-state index contributed by atoms with van der Waals surface area (Å²) in [5.74, 6) is 1.30. The molecule has 1 aromatic carbocycles. The Morgan fingerprint density at radius 1 is 1.18 bits per heavy atom. The summed E-state index contributed by atoms with van der Waals surface area (Å²) in [6, 6.07) is 8.27. The zero-order valence-corrected chi connectivity index (χ0v) is 20.6. The molecule has 1 aromatic rings. The monoisotopic (exact) mass is 463 g/mol. The van der Waals surface area contributed by atoms with E-state index < -0.39 is 5.60 Å². The molecule has 0 radical (unpaired) electrons. The maximum atomic E-state index is 12.2. The van der Waals surface area contributed by atoms with E-state index in [2.05, 4.69) is 24.2 Å². The van der Waals surface area contributed by atoms with Gasteiger partial charge in [0, 0.05) is 17.8 Å². The van der Waals surface area contributed by atoms with Crippen LogP contribution < -0.4 is 0 Å². The van der Waals surface area contributed by atoms with Gasteiger partial charge in [0.25, 0.3) is 0 Å². The van der Waals surface area contributed by atoms with Crippen molar-refractivity contribution >= 4 is 12.0 Å². The lowest BCUT2D eigenvalue weighted by Gasteiger charge is -2.55. The smallest absolute Gasteiger partial charge is 0.156 e. The molecule has 34 heavy (non-hydrogen) atoms. The van der Waals surface area contributed by atoms with E-state index >= 15 is 0 Å². The van der Waals surface area contributed by atoms with Crippen molar-refractivity contribution in [2.75, 3.05) is 6.61 Å². The van der Waals surface area contributed by atoms with E-state index in [4.69, 9.17) is 9.94 Å². The minimum absolute atomic E-state index is 0.0895. The fourth-order valence-electron chi connectivity index (χ4n) is 7.48. The number of oxime groups is 1. The van der Waals surface area contributed by atoms with Gasteiger partial charge < -0.3 is 15.1 Å². The Hall–Kier alpha value is -2.24. The first-order chi connectivity index (χ1) is 16.3. The molecule has 0 unspecified atom stereocenters. The average Bonchev–Trinajstić information content (AvgIpc) is 3.08. The van der Waals surface area contributed by atoms with E-state index in [0.29, 0.717) is 24.9 Å². The van der Waals surface area contributed by atoms with Crippen molar-refractivity contribution in [2.45, 2.75) is 83.3 Å². The van der Waals surface area contributed by atoms with Crippen LogP contribution in [0.1, 0.15) is 82.8 Å². The maximum Gasteiger partial charge on any atom is 0.156 e. The van der Waals surface area contributed by atoms with Gasteiger partial charge in [-0.3, -0.25) is 4.79 Å². The van der Waals surface area contributed by atoms with Gasteiger partial charge in [-0.25, -0.2) is 0 Å². The molecule has 2 N–H and O–H groups in total. The highest BCUT2D eigenvalue weighted by molar-refractivity contribution is 5.93. The van der Waals surface area contributed by atoms with Gasteiger partial charge in [0.2, 0.25) is 0 Å². The standard InChI is InChI=1S/C29H37NO4/c1-18(2)34-17-29(32)13-12-26-24-10-8-21-14-22(31)9-11-23(21)27(24)25(15-28(26,29)3)20-6-4-19(5-7-20)16-30-33/h4-7,14,16,18,24-26,32-33H,8-13,15,17H2,1-3H3/b30-16-/t24-,25+,26-,28-,29+/m0/s1. The molecule has 4 aliphatic rings. The first kappa shape index (κ1) is 23.5. The molecule has 182 valence electrons. The third-order valence-corrected chi connectivity index (χ3v) is 9.26. The highest BCUT2D eigenvalue weighted by Gasteiger charge is 2.63. The number of carbonyl (C=O) groups is 1. The predicted octanol–water partition coefficient (Wildman–Crippen LogP) is 5.55. The highest BCUT2D eigenvalue weighted by Crippen LogP contribution is 2.66. The van der Waals surface area contributed by atoms with Gasteiger partial charge in [-0.2, -0.15) is 0 Å². The Morgan fingerprint density at radius 3 is 2.65 bits per heavy atom. The van der Waals surface area contributed by atoms with E-state index in [9.17, 15) is 9.90 Å². The molecule has 2 fully saturated rings. The van der Waals surface area contributed by atoms with Crippen molar-refractivity contribution in [3.63, 3.8) is 0 Å². The lowest BCUT2D eigenvalue weighted by molar-refractivity contribution is -0.143. The Bertz CT molecular complexity index is 1050. The van der Waals surface area contributed by atoms with Gasteiger partial charge in [0.05, 0.1) is 24.5 Å². The molecule has 0 heterocycles. The lowest BCUT2D eigenvalue weighted by Crippen LogP contribution is -2.54. The van der Waals surface area contributed by atoms with Crippen LogP contribution in [0.15, 0.2) is 52.2 Å². The van der Waals surface area contributed by atoms with E-state index in [1.807, 2.05) is 32.1 Å². The van der Waals surface area contributed by atoms with Crippen molar-refractivity contribution < 1.29 is 19.8 Å². The molecule has 0 saturated heterocycles. The van der Waals surface area contributed by atoms with Gasteiger partial charge >= 0.3 is 0 Å². The molecule has 4 aliphatic carbocycles. The highest BCUT2D eigenvalue weighted by atomic mass is 16.5. The Labute approximate surface area is 202 Å². The van der Waals surface area contributed by atoms with Crippen LogP contribution in [-0.4, -0.2) is 40.6 Å². The average molecular weight is 464 g/mol. The molecular formula is C29H37NO4. The quantitative estimate of drug-likeness (QED) is 0.341. The minimum Gasteiger partial charge on any atom is -0.411 e. The number of hydrogen-bond acceptors (Lipinski definition) is 5. The summed E-state index contributed by atoms with van der Waals surface area (Å²) in [5.41, 5.74) is 5.20. The number of ether oxygens (including phenoxy) is 1. The van der Waals surface area contributed by atoms with Crippen LogP contribution in [0.2, 0.25) is 0 Å². The van der Waals surface area contributed by atoms with Crippen LogP contribution >= 0.6 is 0 Å². The van der Waals surface area contributed by atoms with Gasteiger partial charge in [0.1, 0.15) is 0 Å². The number of aliphatic hydroxyl groups is 1. The van der Waals surface area contributed by atoms with Gasteiger partial charge in [0.15, 0.2) is 5.78 Å². The number of allylic oxidation sites excluding steroid dienone is 4. The Morgan fingerprint density at radius 2 is 1.94 bits per heavy atom. The van der Waals surface area contributed by atoms with E-state index in [-0.39, 0.29) is 23.2 Å². The minimum atomic E-state index is -0.835. The molecule has 5 rings (SSSR count). The second kappa shape index (κ2) is 8.76. The predicted molar refractivity (Wildman–Crippen MR) is 132 cm³/mol. The Kier molecular flexibility index (Phi) is 6.06. The summed E-state index contributed by atoms with van der Waals surface area (Å²) < 4.78 is 6.01. The third kappa shape index (κ3) is 3.77. The molecular weight excluding hydrogens is 426 g/mol. The van der Waals surface area contributed by atoms with Crippen molar-refractivity contribution in [1.29, 1.82) is 0 Å². The van der Waals surface area contributed by atoms with Crippen molar-refractivity contribution in [2.24, 2.45) is 22.4 Å². The van der Waals surface area contributed by atoms with Crippen LogP contribution in [0.4, 0.5) is 0 Å². The maximum absolute atomic E-state index is 12.2. The number of carbonyl (C=O) groups excluding carboxylic acids is 1. The molecule has 0 aromatic heterocycles. The van der Waals surface area contributed by atoms with Crippen LogP contribution in [0, 0.1) is 17.3 Å². The summed E-state index contributed by atoms with van der Waals surface area (Å²) in [5, 5.41) is 24.1. The number of ketones is 1. The number of nitrogens with zero attached hydrogens (tertiary/aromatic N) is 1. The molecule has 5 atom stereocenters. The summed E-state index contributed by atoms with van der Waals surface area (Å²) >= 11 is 0. The van der Waals surface area contributed by atoms with E-state index in [1.165, 1.54) is 28.5 Å². The van der Waals surface area contributed by atoms with Crippen LogP contribution in [0.3, 0.4) is 0 Å². The van der Waals surface area contributed by atoms with E-state index in [0.717, 1.165) is 44.1 Å². The Balaban J connectivity index is 1.61. The molecule has 0 bridgehead atoms. The molecule has 0 spiro atoms. The normalized spacial score (nSPS) is 35.4. The third-order valence-electron chi connectivity index (χ3n) is 9.26. The van der Waals surface area contributed by atoms with Crippen molar-refractivity contribution in [3.8, 4) is 0 Å². The fourth-order valence-corrected chi connectivity index (χ4v) is 7.48. The summed E-state index contributed by atoms with van der Waals surface area (Å²) in [6.07, 6.45) is 9.55. The molecule has 5 nitrogen and oxygen atoms in total. The van der Waals surface area contributed by atoms with Crippen LogP contribution in [0.25, 0.3) is 0 Å². The first-order valence-corrected chi connectivity index (χ1v) is 12.8. The largest absolute Gasteiger partial charge is 0.411 e. The molecule has 0 amide bonds. The molecule has 2 saturated carbocycles. The first-order valence-electron chi connectivity index (χ1n) is 12.8. The topological polar surface area (TPSA) is 79.1 Å². The zero-order valence-electron chi connectivity index (χ0n) is 20.6. The van der Waals surface area contributed by atoms with E-state index in [1.54, 1.807) is 0 Å². The summed E-state index contributed by atoms with van der Waals surface area (Å²) in [6.45, 7) is 6.74. The van der Waals surface area contributed by atoms with Gasteiger partial charge in [-0.15, -0.1) is 0 Å². The summed E-state index contributed by atoms with van der Waals surface area (Å²) in [7, 11) is 0. The number of hydrogen-bond donors (Lipinski definition) is 2. The molecule has 5 heteroatoms.